The second kappa shape index (κ2) is 6.39. The second-order valence-corrected chi connectivity index (χ2v) is 5.81. The summed E-state index contributed by atoms with van der Waals surface area (Å²) in [5, 5.41) is 8.90. The summed E-state index contributed by atoms with van der Waals surface area (Å²) >= 11 is 0. The predicted octanol–water partition coefficient (Wildman–Crippen LogP) is 1.96. The highest BCUT2D eigenvalue weighted by Crippen LogP contribution is 2.21. The fraction of sp³-hybridized carbons (Fsp3) is 0.667. The molecular formula is C15H24N6. The number of aromatic nitrogens is 4. The Hall–Kier alpha value is -1.69. The van der Waals surface area contributed by atoms with Crippen molar-refractivity contribution in [2.45, 2.75) is 32.6 Å². The lowest BCUT2D eigenvalue weighted by atomic mass is 10.2. The molecule has 1 aliphatic heterocycles. The van der Waals surface area contributed by atoms with Crippen molar-refractivity contribution in [3.63, 3.8) is 0 Å². The Bertz CT molecular complexity index is 599. The van der Waals surface area contributed by atoms with Gasteiger partial charge in [0.2, 0.25) is 0 Å². The molecule has 0 radical (unpaired) electrons. The van der Waals surface area contributed by atoms with Crippen LogP contribution in [0.15, 0.2) is 6.33 Å². The van der Waals surface area contributed by atoms with Crippen LogP contribution in [0.1, 0.15) is 31.4 Å². The van der Waals surface area contributed by atoms with Crippen LogP contribution < -0.4 is 5.32 Å². The van der Waals surface area contributed by atoms with Gasteiger partial charge in [0.25, 0.3) is 0 Å². The minimum Gasteiger partial charge on any atom is -0.369 e. The molecule has 1 N–H and O–H groups in total. The fourth-order valence-electron chi connectivity index (χ4n) is 3.08. The van der Waals surface area contributed by atoms with E-state index >= 15 is 0 Å². The van der Waals surface area contributed by atoms with Gasteiger partial charge in [0.05, 0.1) is 11.1 Å². The first-order valence-electron chi connectivity index (χ1n) is 7.86. The third kappa shape index (κ3) is 3.15. The van der Waals surface area contributed by atoms with Gasteiger partial charge >= 0.3 is 0 Å². The smallest absolute Gasteiger partial charge is 0.163 e. The third-order valence-corrected chi connectivity index (χ3v) is 4.19. The van der Waals surface area contributed by atoms with Gasteiger partial charge in [-0.1, -0.05) is 0 Å². The molecule has 0 aromatic carbocycles. The molecule has 1 saturated heterocycles. The number of aryl methyl sites for hydroxylation is 2. The third-order valence-electron chi connectivity index (χ3n) is 4.19. The molecule has 21 heavy (non-hydrogen) atoms. The van der Waals surface area contributed by atoms with Crippen LogP contribution in [0.3, 0.4) is 0 Å². The van der Waals surface area contributed by atoms with E-state index in [-0.39, 0.29) is 0 Å². The van der Waals surface area contributed by atoms with E-state index in [2.05, 4.69) is 25.3 Å². The quantitative estimate of drug-likeness (QED) is 0.823. The van der Waals surface area contributed by atoms with Crippen LogP contribution in [0.25, 0.3) is 11.0 Å². The first kappa shape index (κ1) is 14.3. The molecule has 6 heteroatoms. The van der Waals surface area contributed by atoms with Crippen LogP contribution in [0.2, 0.25) is 0 Å². The minimum absolute atomic E-state index is 0.891. The number of nitrogens with zero attached hydrogens (tertiary/aromatic N) is 5. The number of fused-ring (bicyclic) bond motifs is 1. The van der Waals surface area contributed by atoms with Gasteiger partial charge in [0, 0.05) is 13.6 Å². The van der Waals surface area contributed by atoms with Crippen molar-refractivity contribution in [1.82, 2.24) is 24.6 Å². The van der Waals surface area contributed by atoms with E-state index in [1.807, 2.05) is 18.7 Å². The van der Waals surface area contributed by atoms with Crippen LogP contribution in [0, 0.1) is 6.92 Å². The molecule has 114 valence electrons. The van der Waals surface area contributed by atoms with Gasteiger partial charge in [0.15, 0.2) is 5.65 Å². The average molecular weight is 288 g/mol. The van der Waals surface area contributed by atoms with Gasteiger partial charge in [-0.15, -0.1) is 0 Å². The first-order valence-corrected chi connectivity index (χ1v) is 7.86. The van der Waals surface area contributed by atoms with Crippen LogP contribution in [-0.2, 0) is 7.05 Å². The van der Waals surface area contributed by atoms with Crippen LogP contribution in [0.5, 0.6) is 0 Å². The van der Waals surface area contributed by atoms with Crippen molar-refractivity contribution in [2.75, 3.05) is 31.5 Å². The van der Waals surface area contributed by atoms with E-state index in [4.69, 9.17) is 0 Å². The molecule has 6 nitrogen and oxygen atoms in total. The molecule has 0 saturated carbocycles. The predicted molar refractivity (Wildman–Crippen MR) is 84.4 cm³/mol. The normalized spacial score (nSPS) is 15.9. The summed E-state index contributed by atoms with van der Waals surface area (Å²) in [6.45, 7) is 6.76. The Morgan fingerprint density at radius 2 is 2.00 bits per heavy atom. The maximum absolute atomic E-state index is 4.42. The molecule has 0 aliphatic carbocycles. The summed E-state index contributed by atoms with van der Waals surface area (Å²) in [6.07, 6.45) is 6.76. The topological polar surface area (TPSA) is 58.9 Å². The highest BCUT2D eigenvalue weighted by Gasteiger charge is 2.12. The Balaban J connectivity index is 1.53. The van der Waals surface area contributed by atoms with Crippen molar-refractivity contribution in [1.29, 1.82) is 0 Å². The molecular weight excluding hydrogens is 264 g/mol. The number of rotatable bonds is 6. The van der Waals surface area contributed by atoms with Gasteiger partial charge in [-0.05, 0) is 52.2 Å². The molecule has 1 fully saturated rings. The summed E-state index contributed by atoms with van der Waals surface area (Å²) < 4.78 is 1.81. The Morgan fingerprint density at radius 3 is 2.81 bits per heavy atom. The molecule has 0 atom stereocenters. The SMILES string of the molecule is Cc1nn(C)c2ncnc(NCCCCN3CCCC3)c12. The zero-order chi connectivity index (χ0) is 14.7. The zero-order valence-corrected chi connectivity index (χ0v) is 13.0. The molecule has 1 aliphatic rings. The van der Waals surface area contributed by atoms with Crippen molar-refractivity contribution in [2.24, 2.45) is 7.05 Å². The summed E-state index contributed by atoms with van der Waals surface area (Å²) in [5.41, 5.74) is 1.87. The fourth-order valence-corrected chi connectivity index (χ4v) is 3.08. The highest BCUT2D eigenvalue weighted by molar-refractivity contribution is 5.88. The molecule has 0 unspecified atom stereocenters. The van der Waals surface area contributed by atoms with Crippen molar-refractivity contribution in [3.8, 4) is 0 Å². The second-order valence-electron chi connectivity index (χ2n) is 5.81. The molecule has 2 aromatic heterocycles. The van der Waals surface area contributed by atoms with Crippen molar-refractivity contribution >= 4 is 16.9 Å². The van der Waals surface area contributed by atoms with Crippen molar-refractivity contribution in [3.05, 3.63) is 12.0 Å². The van der Waals surface area contributed by atoms with Crippen molar-refractivity contribution < 1.29 is 0 Å². The van der Waals surface area contributed by atoms with E-state index < -0.39 is 0 Å². The number of anilines is 1. The van der Waals surface area contributed by atoms with Gasteiger partial charge in [0.1, 0.15) is 12.1 Å². The summed E-state index contributed by atoms with van der Waals surface area (Å²) in [4.78, 5) is 11.2. The Morgan fingerprint density at radius 1 is 1.19 bits per heavy atom. The van der Waals surface area contributed by atoms with E-state index in [0.717, 1.165) is 29.1 Å². The highest BCUT2D eigenvalue weighted by atomic mass is 15.3. The Kier molecular flexibility index (Phi) is 4.34. The van der Waals surface area contributed by atoms with Gasteiger partial charge in [-0.25, -0.2) is 9.97 Å². The number of hydrogen-bond acceptors (Lipinski definition) is 5. The first-order chi connectivity index (χ1) is 10.3. The maximum Gasteiger partial charge on any atom is 0.163 e. The molecule has 3 rings (SSSR count). The molecule has 0 amide bonds. The number of likely N-dealkylation sites (tertiary alicyclic amines) is 1. The lowest BCUT2D eigenvalue weighted by Crippen LogP contribution is -2.20. The minimum atomic E-state index is 0.891. The molecule has 0 bridgehead atoms. The van der Waals surface area contributed by atoms with E-state index in [0.29, 0.717) is 0 Å². The number of nitrogens with one attached hydrogen (secondary N) is 1. The van der Waals surface area contributed by atoms with Crippen LogP contribution in [0.4, 0.5) is 5.82 Å². The Labute approximate surface area is 125 Å². The zero-order valence-electron chi connectivity index (χ0n) is 13.0. The number of hydrogen-bond donors (Lipinski definition) is 1. The van der Waals surface area contributed by atoms with Crippen LogP contribution in [-0.4, -0.2) is 50.8 Å². The van der Waals surface area contributed by atoms with Gasteiger partial charge in [-0.3, -0.25) is 4.68 Å². The van der Waals surface area contributed by atoms with Gasteiger partial charge < -0.3 is 10.2 Å². The molecule has 0 spiro atoms. The van der Waals surface area contributed by atoms with E-state index in [1.165, 1.54) is 45.3 Å². The lowest BCUT2D eigenvalue weighted by Gasteiger charge is -2.14. The van der Waals surface area contributed by atoms with Crippen LogP contribution >= 0.6 is 0 Å². The van der Waals surface area contributed by atoms with E-state index in [1.54, 1.807) is 6.33 Å². The number of unbranched alkanes of at least 4 members (excludes halogenated alkanes) is 1. The molecule has 2 aromatic rings. The monoisotopic (exact) mass is 288 g/mol. The molecule has 3 heterocycles. The average Bonchev–Trinajstić information content (AvgIpc) is 3.08. The lowest BCUT2D eigenvalue weighted by molar-refractivity contribution is 0.331. The van der Waals surface area contributed by atoms with E-state index in [9.17, 15) is 0 Å². The summed E-state index contributed by atoms with van der Waals surface area (Å²) in [6, 6.07) is 0. The maximum atomic E-state index is 4.42. The summed E-state index contributed by atoms with van der Waals surface area (Å²) in [5.74, 6) is 0.909. The summed E-state index contributed by atoms with van der Waals surface area (Å²) in [7, 11) is 1.92. The largest absolute Gasteiger partial charge is 0.369 e. The van der Waals surface area contributed by atoms with Gasteiger partial charge in [-0.2, -0.15) is 5.10 Å². The standard InChI is InChI=1S/C15H24N6/c1-12-13-14(17-11-18-15(13)20(2)19-12)16-7-3-4-8-21-9-5-6-10-21/h11H,3-10H2,1-2H3,(H,16,17,18).